The number of nitrogens with one attached hydrogen (secondary N) is 1. The second-order valence-electron chi connectivity index (χ2n) is 4.97. The van der Waals surface area contributed by atoms with E-state index in [0.717, 1.165) is 0 Å². The van der Waals surface area contributed by atoms with Crippen molar-refractivity contribution in [1.82, 2.24) is 10.2 Å². The number of likely N-dealkylation sites (N-methyl/N-ethyl adjacent to an activating group) is 1. The second-order valence-corrected chi connectivity index (χ2v) is 4.97. The molecule has 0 aliphatic carbocycles. The summed E-state index contributed by atoms with van der Waals surface area (Å²) in [5.41, 5.74) is -0.572. The fraction of sp³-hybridized carbons (Fsp3) is 0.818. The summed E-state index contributed by atoms with van der Waals surface area (Å²) in [4.78, 5) is 24.4. The summed E-state index contributed by atoms with van der Waals surface area (Å²) < 4.78 is 0. The van der Waals surface area contributed by atoms with E-state index < -0.39 is 11.5 Å². The fourth-order valence-electron chi connectivity index (χ4n) is 1.70. The number of nitrogens with zero attached hydrogens (tertiary/aromatic N) is 1. The highest BCUT2D eigenvalue weighted by atomic mass is 16.4. The van der Waals surface area contributed by atoms with Gasteiger partial charge in [-0.05, 0) is 20.9 Å². The van der Waals surface area contributed by atoms with Crippen molar-refractivity contribution < 1.29 is 14.7 Å². The molecule has 5 nitrogen and oxygen atoms in total. The van der Waals surface area contributed by atoms with Gasteiger partial charge >= 0.3 is 5.97 Å². The first-order valence-electron chi connectivity index (χ1n) is 5.50. The average Bonchev–Trinajstić information content (AvgIpc) is 2.14. The van der Waals surface area contributed by atoms with Crippen molar-refractivity contribution in [3.05, 3.63) is 0 Å². The molecule has 1 unspecified atom stereocenters. The Morgan fingerprint density at radius 1 is 1.44 bits per heavy atom. The lowest BCUT2D eigenvalue weighted by atomic mass is 9.85. The van der Waals surface area contributed by atoms with Crippen molar-refractivity contribution in [3.63, 3.8) is 0 Å². The van der Waals surface area contributed by atoms with Crippen LogP contribution in [-0.2, 0) is 9.59 Å². The van der Waals surface area contributed by atoms with Gasteiger partial charge in [-0.15, -0.1) is 0 Å². The van der Waals surface area contributed by atoms with Crippen molar-refractivity contribution in [2.75, 3.05) is 20.1 Å². The van der Waals surface area contributed by atoms with Gasteiger partial charge in [-0.2, -0.15) is 0 Å². The molecule has 1 saturated heterocycles. The van der Waals surface area contributed by atoms with Crippen LogP contribution in [0.4, 0.5) is 0 Å². The standard InChI is InChI=1S/C11H20N2O3/c1-7(9(14)15)8-5-13(6-8)10(16)11(2,3)12-4/h7-8,12H,5-6H2,1-4H3,(H,14,15). The van der Waals surface area contributed by atoms with E-state index in [4.69, 9.17) is 5.11 Å². The van der Waals surface area contributed by atoms with Crippen molar-refractivity contribution in [1.29, 1.82) is 0 Å². The summed E-state index contributed by atoms with van der Waals surface area (Å²) in [7, 11) is 1.75. The first-order chi connectivity index (χ1) is 7.29. The maximum absolute atomic E-state index is 11.9. The lowest BCUT2D eigenvalue weighted by Gasteiger charge is -2.44. The predicted molar refractivity (Wildman–Crippen MR) is 60.0 cm³/mol. The molecule has 1 atom stereocenters. The van der Waals surface area contributed by atoms with Crippen LogP contribution in [-0.4, -0.2) is 47.6 Å². The molecule has 0 aromatic heterocycles. The van der Waals surface area contributed by atoms with Gasteiger partial charge in [0.15, 0.2) is 0 Å². The molecule has 1 amide bonds. The fourth-order valence-corrected chi connectivity index (χ4v) is 1.70. The minimum atomic E-state index is -0.787. The minimum Gasteiger partial charge on any atom is -0.481 e. The minimum absolute atomic E-state index is 0.0313. The van der Waals surface area contributed by atoms with E-state index >= 15 is 0 Å². The number of carboxylic acid groups (broad SMARTS) is 1. The molecule has 92 valence electrons. The maximum Gasteiger partial charge on any atom is 0.306 e. The summed E-state index contributed by atoms with van der Waals surface area (Å²) in [5, 5.41) is 11.8. The van der Waals surface area contributed by atoms with E-state index in [1.165, 1.54) is 0 Å². The molecule has 0 spiro atoms. The summed E-state index contributed by atoms with van der Waals surface area (Å²) in [6.07, 6.45) is 0. The van der Waals surface area contributed by atoms with Crippen LogP contribution in [0.5, 0.6) is 0 Å². The van der Waals surface area contributed by atoms with Gasteiger partial charge in [-0.25, -0.2) is 0 Å². The number of carboxylic acids is 1. The van der Waals surface area contributed by atoms with Gasteiger partial charge in [0.05, 0.1) is 11.5 Å². The Hall–Kier alpha value is -1.10. The molecule has 1 aliphatic rings. The number of rotatable bonds is 4. The number of hydrogen-bond acceptors (Lipinski definition) is 3. The summed E-state index contributed by atoms with van der Waals surface area (Å²) in [6.45, 7) is 6.44. The van der Waals surface area contributed by atoms with Crippen LogP contribution < -0.4 is 5.32 Å². The Morgan fingerprint density at radius 2 is 1.94 bits per heavy atom. The zero-order valence-corrected chi connectivity index (χ0v) is 10.3. The highest BCUT2D eigenvalue weighted by Gasteiger charge is 2.41. The lowest BCUT2D eigenvalue weighted by Crippen LogP contribution is -2.61. The smallest absolute Gasteiger partial charge is 0.306 e. The van der Waals surface area contributed by atoms with Crippen LogP contribution in [0.2, 0.25) is 0 Å². The molecule has 5 heteroatoms. The highest BCUT2D eigenvalue weighted by molar-refractivity contribution is 5.86. The van der Waals surface area contributed by atoms with Crippen molar-refractivity contribution in [3.8, 4) is 0 Å². The van der Waals surface area contributed by atoms with Gasteiger partial charge < -0.3 is 15.3 Å². The van der Waals surface area contributed by atoms with E-state index in [1.807, 2.05) is 13.8 Å². The quantitative estimate of drug-likeness (QED) is 0.719. The number of hydrogen-bond donors (Lipinski definition) is 2. The Bertz CT molecular complexity index is 296. The Balaban J connectivity index is 2.48. The first-order valence-corrected chi connectivity index (χ1v) is 5.50. The molecule has 0 aromatic carbocycles. The molecule has 2 N–H and O–H groups in total. The van der Waals surface area contributed by atoms with Crippen molar-refractivity contribution >= 4 is 11.9 Å². The molecule has 0 bridgehead atoms. The SMILES string of the molecule is CNC(C)(C)C(=O)N1CC(C(C)C(=O)O)C1. The Morgan fingerprint density at radius 3 is 2.31 bits per heavy atom. The van der Waals surface area contributed by atoms with E-state index in [2.05, 4.69) is 5.32 Å². The molecule has 1 heterocycles. The Labute approximate surface area is 95.8 Å². The zero-order chi connectivity index (χ0) is 12.5. The van der Waals surface area contributed by atoms with Gasteiger partial charge in [0.25, 0.3) is 0 Å². The third-order valence-electron chi connectivity index (χ3n) is 3.45. The lowest BCUT2D eigenvalue weighted by molar-refractivity contribution is -0.153. The van der Waals surface area contributed by atoms with E-state index in [1.54, 1.807) is 18.9 Å². The molecule has 0 saturated carbocycles. The summed E-state index contributed by atoms with van der Waals surface area (Å²) in [6, 6.07) is 0. The second kappa shape index (κ2) is 4.41. The maximum atomic E-state index is 11.9. The summed E-state index contributed by atoms with van der Waals surface area (Å²) in [5.74, 6) is -1.04. The molecular formula is C11H20N2O3. The number of aliphatic carboxylic acids is 1. The van der Waals surface area contributed by atoms with Gasteiger partial charge in [0.1, 0.15) is 0 Å². The molecule has 0 aromatic rings. The van der Waals surface area contributed by atoms with Crippen LogP contribution in [0.1, 0.15) is 20.8 Å². The molecule has 1 rings (SSSR count). The van der Waals surface area contributed by atoms with E-state index in [0.29, 0.717) is 13.1 Å². The largest absolute Gasteiger partial charge is 0.481 e. The van der Waals surface area contributed by atoms with Gasteiger partial charge in [0.2, 0.25) is 5.91 Å². The van der Waals surface area contributed by atoms with Crippen LogP contribution in [0.25, 0.3) is 0 Å². The first kappa shape index (κ1) is 13.0. The van der Waals surface area contributed by atoms with Gasteiger partial charge in [-0.1, -0.05) is 6.92 Å². The van der Waals surface area contributed by atoms with Crippen molar-refractivity contribution in [2.24, 2.45) is 11.8 Å². The molecule has 1 aliphatic heterocycles. The Kier molecular flexibility index (Phi) is 3.57. The topological polar surface area (TPSA) is 69.6 Å². The average molecular weight is 228 g/mol. The summed E-state index contributed by atoms with van der Waals surface area (Å²) >= 11 is 0. The van der Waals surface area contributed by atoms with E-state index in [9.17, 15) is 9.59 Å². The van der Waals surface area contributed by atoms with Crippen LogP contribution in [0.15, 0.2) is 0 Å². The van der Waals surface area contributed by atoms with Crippen LogP contribution in [0.3, 0.4) is 0 Å². The third kappa shape index (κ3) is 2.35. The van der Waals surface area contributed by atoms with Crippen LogP contribution in [0, 0.1) is 11.8 Å². The van der Waals surface area contributed by atoms with Crippen molar-refractivity contribution in [2.45, 2.75) is 26.3 Å². The number of carbonyl (C=O) groups is 2. The monoisotopic (exact) mass is 228 g/mol. The van der Waals surface area contributed by atoms with Crippen LogP contribution >= 0.6 is 0 Å². The number of amides is 1. The van der Waals surface area contributed by atoms with Gasteiger partial charge in [0, 0.05) is 19.0 Å². The molecule has 1 fully saturated rings. The third-order valence-corrected chi connectivity index (χ3v) is 3.45. The molecule has 16 heavy (non-hydrogen) atoms. The molecular weight excluding hydrogens is 208 g/mol. The van der Waals surface area contributed by atoms with Gasteiger partial charge in [-0.3, -0.25) is 9.59 Å². The number of carbonyl (C=O) groups excluding carboxylic acids is 1. The highest BCUT2D eigenvalue weighted by Crippen LogP contribution is 2.26. The number of likely N-dealkylation sites (tertiary alicyclic amines) is 1. The predicted octanol–water partition coefficient (Wildman–Crippen LogP) is 0.164. The van der Waals surface area contributed by atoms with E-state index in [-0.39, 0.29) is 17.7 Å². The normalized spacial score (nSPS) is 19.1. The molecule has 0 radical (unpaired) electrons. The zero-order valence-electron chi connectivity index (χ0n) is 10.3.